The van der Waals surface area contributed by atoms with Gasteiger partial charge in [0.05, 0.1) is 0 Å². The van der Waals surface area contributed by atoms with Gasteiger partial charge in [-0.15, -0.1) is 0 Å². The van der Waals surface area contributed by atoms with Crippen molar-refractivity contribution in [3.05, 3.63) is 49.1 Å². The number of hydrogen-bond acceptors (Lipinski definition) is 4. The highest BCUT2D eigenvalue weighted by atomic mass is 16.6. The maximum atomic E-state index is 10.8. The molecule has 0 spiro atoms. The fourth-order valence-electron chi connectivity index (χ4n) is 1.70. The van der Waals surface area contributed by atoms with E-state index in [1.54, 1.807) is 24.3 Å². The Bertz CT molecular complexity index is 604. The van der Waals surface area contributed by atoms with Crippen molar-refractivity contribution < 1.29 is 19.4 Å². The average Bonchev–Trinajstić information content (AvgIpc) is 2.43. The second-order valence-electron chi connectivity index (χ2n) is 3.88. The first-order valence-electron chi connectivity index (χ1n) is 5.84. The minimum absolute atomic E-state index is 0.170. The van der Waals surface area contributed by atoms with Crippen LogP contribution in [0.3, 0.4) is 0 Å². The van der Waals surface area contributed by atoms with Gasteiger partial charge in [0.1, 0.15) is 24.7 Å². The highest BCUT2D eigenvalue weighted by Gasteiger charge is 2.01. The lowest BCUT2D eigenvalue weighted by molar-refractivity contribution is -0.138. The molecule has 0 bridgehead atoms. The first-order chi connectivity index (χ1) is 9.20. The molecule has 1 N–H and O–H groups in total. The van der Waals surface area contributed by atoms with Crippen LogP contribution >= 0.6 is 0 Å². The van der Waals surface area contributed by atoms with E-state index in [0.717, 1.165) is 16.8 Å². The van der Waals surface area contributed by atoms with Crippen molar-refractivity contribution in [2.45, 2.75) is 0 Å². The minimum Gasteiger partial charge on any atom is -0.507 e. The van der Waals surface area contributed by atoms with Gasteiger partial charge >= 0.3 is 5.97 Å². The lowest BCUT2D eigenvalue weighted by Gasteiger charge is -2.08. The first-order valence-corrected chi connectivity index (χ1v) is 5.84. The number of rotatable bonds is 5. The highest BCUT2D eigenvalue weighted by Crippen LogP contribution is 2.27. The van der Waals surface area contributed by atoms with Crippen LogP contribution in [-0.4, -0.2) is 24.3 Å². The van der Waals surface area contributed by atoms with Gasteiger partial charge in [0.15, 0.2) is 0 Å². The predicted octanol–water partition coefficient (Wildman–Crippen LogP) is 2.65. The molecule has 0 unspecified atom stereocenters. The lowest BCUT2D eigenvalue weighted by atomic mass is 10.1. The van der Waals surface area contributed by atoms with Gasteiger partial charge in [0.2, 0.25) is 0 Å². The van der Waals surface area contributed by atoms with Crippen LogP contribution in [0.1, 0.15) is 0 Å². The van der Waals surface area contributed by atoms with E-state index in [2.05, 4.69) is 6.58 Å². The van der Waals surface area contributed by atoms with E-state index in [-0.39, 0.29) is 19.0 Å². The fraction of sp³-hybridized carbons (Fsp3) is 0.133. The Morgan fingerprint density at radius 2 is 2.11 bits per heavy atom. The summed E-state index contributed by atoms with van der Waals surface area (Å²) in [5.41, 5.74) is 0. The van der Waals surface area contributed by atoms with Crippen LogP contribution in [0.5, 0.6) is 11.5 Å². The van der Waals surface area contributed by atoms with Crippen LogP contribution in [0.25, 0.3) is 10.8 Å². The molecule has 0 saturated heterocycles. The molecule has 0 radical (unpaired) electrons. The molecule has 4 heteroatoms. The molecule has 2 aromatic carbocycles. The smallest absolute Gasteiger partial charge is 0.330 e. The molecule has 0 heterocycles. The van der Waals surface area contributed by atoms with Gasteiger partial charge in [-0.1, -0.05) is 18.7 Å². The Kier molecular flexibility index (Phi) is 4.03. The van der Waals surface area contributed by atoms with Crippen molar-refractivity contribution >= 4 is 16.7 Å². The molecule has 0 aliphatic rings. The summed E-state index contributed by atoms with van der Waals surface area (Å²) in [5.74, 6) is 0.434. The van der Waals surface area contributed by atoms with Crippen LogP contribution < -0.4 is 4.74 Å². The molecule has 0 saturated carbocycles. The SMILES string of the molecule is C=CC(=O)OCCOc1ccc2c(O)cccc2c1. The maximum absolute atomic E-state index is 10.8. The van der Waals surface area contributed by atoms with Crippen LogP contribution in [0.15, 0.2) is 49.1 Å². The Morgan fingerprint density at radius 1 is 1.26 bits per heavy atom. The zero-order chi connectivity index (χ0) is 13.7. The molecule has 2 aromatic rings. The van der Waals surface area contributed by atoms with E-state index in [1.807, 2.05) is 12.1 Å². The van der Waals surface area contributed by atoms with Crippen LogP contribution in [-0.2, 0) is 9.53 Å². The number of ether oxygens (including phenoxy) is 2. The molecular weight excluding hydrogens is 244 g/mol. The number of hydrogen-bond donors (Lipinski definition) is 1. The molecule has 2 rings (SSSR count). The first kappa shape index (κ1) is 13.0. The summed E-state index contributed by atoms with van der Waals surface area (Å²) in [4.78, 5) is 10.8. The van der Waals surface area contributed by atoms with Crippen molar-refractivity contribution in [3.8, 4) is 11.5 Å². The van der Waals surface area contributed by atoms with Gasteiger partial charge in [-0.3, -0.25) is 0 Å². The third kappa shape index (κ3) is 3.25. The quantitative estimate of drug-likeness (QED) is 0.509. The van der Waals surface area contributed by atoms with E-state index in [1.165, 1.54) is 0 Å². The summed E-state index contributed by atoms with van der Waals surface area (Å²) in [7, 11) is 0. The van der Waals surface area contributed by atoms with E-state index in [4.69, 9.17) is 9.47 Å². The lowest BCUT2D eigenvalue weighted by Crippen LogP contribution is -2.10. The number of benzene rings is 2. The van der Waals surface area contributed by atoms with Crippen molar-refractivity contribution in [2.75, 3.05) is 13.2 Å². The van der Waals surface area contributed by atoms with Crippen molar-refractivity contribution in [1.29, 1.82) is 0 Å². The zero-order valence-electron chi connectivity index (χ0n) is 10.3. The summed E-state index contributed by atoms with van der Waals surface area (Å²) in [6, 6.07) is 10.7. The monoisotopic (exact) mass is 258 g/mol. The number of aromatic hydroxyl groups is 1. The van der Waals surface area contributed by atoms with Gasteiger partial charge < -0.3 is 14.6 Å². The number of phenolic OH excluding ortho intramolecular Hbond substituents is 1. The Labute approximate surface area is 110 Å². The van der Waals surface area contributed by atoms with Crippen molar-refractivity contribution in [3.63, 3.8) is 0 Å². The topological polar surface area (TPSA) is 55.8 Å². The number of fused-ring (bicyclic) bond motifs is 1. The Balaban J connectivity index is 1.98. The Hall–Kier alpha value is -2.49. The fourth-order valence-corrected chi connectivity index (χ4v) is 1.70. The van der Waals surface area contributed by atoms with E-state index < -0.39 is 5.97 Å². The molecular formula is C15H14O4. The summed E-state index contributed by atoms with van der Waals surface area (Å²) in [5, 5.41) is 11.3. The highest BCUT2D eigenvalue weighted by molar-refractivity contribution is 5.89. The second kappa shape index (κ2) is 5.91. The molecule has 0 aliphatic carbocycles. The molecule has 4 nitrogen and oxygen atoms in total. The average molecular weight is 258 g/mol. The summed E-state index contributed by atoms with van der Waals surface area (Å²) in [6.07, 6.45) is 1.11. The van der Waals surface area contributed by atoms with Crippen LogP contribution in [0.4, 0.5) is 0 Å². The van der Waals surface area contributed by atoms with Crippen molar-refractivity contribution in [1.82, 2.24) is 0 Å². The number of phenols is 1. The number of carbonyl (C=O) groups is 1. The summed E-state index contributed by atoms with van der Waals surface area (Å²) in [6.45, 7) is 3.74. The molecule has 98 valence electrons. The summed E-state index contributed by atoms with van der Waals surface area (Å²) < 4.78 is 10.3. The van der Waals surface area contributed by atoms with E-state index in [9.17, 15) is 9.90 Å². The molecule has 0 atom stereocenters. The molecule has 0 fully saturated rings. The van der Waals surface area contributed by atoms with E-state index >= 15 is 0 Å². The number of carbonyl (C=O) groups excluding carboxylic acids is 1. The molecule has 0 amide bonds. The van der Waals surface area contributed by atoms with Gasteiger partial charge in [0, 0.05) is 11.5 Å². The second-order valence-corrected chi connectivity index (χ2v) is 3.88. The molecule has 0 aliphatic heterocycles. The third-order valence-electron chi connectivity index (χ3n) is 2.59. The van der Waals surface area contributed by atoms with Crippen LogP contribution in [0.2, 0.25) is 0 Å². The predicted molar refractivity (Wildman–Crippen MR) is 72.3 cm³/mol. The maximum Gasteiger partial charge on any atom is 0.330 e. The zero-order valence-corrected chi connectivity index (χ0v) is 10.3. The van der Waals surface area contributed by atoms with Crippen molar-refractivity contribution in [2.24, 2.45) is 0 Å². The van der Waals surface area contributed by atoms with E-state index in [0.29, 0.717) is 5.75 Å². The summed E-state index contributed by atoms with van der Waals surface area (Å²) >= 11 is 0. The van der Waals surface area contributed by atoms with Gasteiger partial charge in [0.25, 0.3) is 0 Å². The number of esters is 1. The Morgan fingerprint density at radius 3 is 2.89 bits per heavy atom. The van der Waals surface area contributed by atoms with Crippen LogP contribution in [0, 0.1) is 0 Å². The van der Waals surface area contributed by atoms with Gasteiger partial charge in [-0.05, 0) is 29.7 Å². The normalized spacial score (nSPS) is 10.1. The largest absolute Gasteiger partial charge is 0.507 e. The standard InChI is InChI=1S/C15H14O4/c1-2-15(17)19-9-8-18-12-6-7-13-11(10-12)4-3-5-14(13)16/h2-7,10,16H,1,8-9H2. The van der Waals surface area contributed by atoms with Gasteiger partial charge in [-0.2, -0.15) is 0 Å². The molecule has 0 aromatic heterocycles. The van der Waals surface area contributed by atoms with Gasteiger partial charge in [-0.25, -0.2) is 4.79 Å². The minimum atomic E-state index is -0.466. The molecule has 19 heavy (non-hydrogen) atoms. The third-order valence-corrected chi connectivity index (χ3v) is 2.59.